The van der Waals surface area contributed by atoms with Crippen molar-refractivity contribution in [2.75, 3.05) is 0 Å². The van der Waals surface area contributed by atoms with Crippen LogP contribution < -0.4 is 0 Å². The number of aryl methyl sites for hydroxylation is 4. The van der Waals surface area contributed by atoms with E-state index in [2.05, 4.69) is 26.4 Å². The van der Waals surface area contributed by atoms with Crippen molar-refractivity contribution in [3.8, 4) is 11.4 Å². The van der Waals surface area contributed by atoms with Crippen molar-refractivity contribution >= 4 is 5.65 Å². The Bertz CT molecular complexity index is 1140. The second-order valence-corrected chi connectivity index (χ2v) is 6.89. The minimum atomic E-state index is 0.285. The number of nitrogens with zero attached hydrogens (tertiary/aromatic N) is 8. The van der Waals surface area contributed by atoms with E-state index in [4.69, 9.17) is 14.7 Å². The predicted octanol–water partition coefficient (Wildman–Crippen LogP) is 2.10. The van der Waals surface area contributed by atoms with Gasteiger partial charge in [-0.15, -0.1) is 10.2 Å². The van der Waals surface area contributed by atoms with E-state index in [1.165, 1.54) is 0 Å². The third kappa shape index (κ3) is 2.23. The maximum Gasteiger partial charge on any atom is 0.223 e. The van der Waals surface area contributed by atoms with E-state index in [1.807, 2.05) is 38.6 Å². The summed E-state index contributed by atoms with van der Waals surface area (Å²) in [6.45, 7) is 5.72. The van der Waals surface area contributed by atoms with Crippen LogP contribution in [0.25, 0.3) is 17.0 Å². The van der Waals surface area contributed by atoms with E-state index in [0.29, 0.717) is 11.8 Å². The minimum Gasteiger partial charge on any atom is -0.340 e. The van der Waals surface area contributed by atoms with Crippen LogP contribution in [0, 0.1) is 20.8 Å². The first-order chi connectivity index (χ1) is 12.5. The second-order valence-electron chi connectivity index (χ2n) is 6.89. The first-order valence-electron chi connectivity index (χ1n) is 8.55. The fourth-order valence-corrected chi connectivity index (χ4v) is 3.44. The van der Waals surface area contributed by atoms with Crippen LogP contribution in [0.5, 0.6) is 0 Å². The molecule has 0 amide bonds. The third-order valence-corrected chi connectivity index (χ3v) is 4.92. The van der Waals surface area contributed by atoms with Gasteiger partial charge >= 0.3 is 0 Å². The molecule has 0 bridgehead atoms. The van der Waals surface area contributed by atoms with Gasteiger partial charge in [0.25, 0.3) is 0 Å². The first-order valence-corrected chi connectivity index (χ1v) is 8.55. The number of fused-ring (bicyclic) bond motifs is 1. The molecule has 4 aromatic rings. The molecule has 0 radical (unpaired) electrons. The molecule has 1 aliphatic carbocycles. The molecule has 2 atom stereocenters. The topological polar surface area (TPSA) is 99.8 Å². The summed E-state index contributed by atoms with van der Waals surface area (Å²) in [4.78, 5) is 4.34. The van der Waals surface area contributed by atoms with E-state index >= 15 is 0 Å². The average molecular weight is 350 g/mol. The molecule has 132 valence electrons. The largest absolute Gasteiger partial charge is 0.340 e. The van der Waals surface area contributed by atoms with Crippen LogP contribution in [0.3, 0.4) is 0 Å². The number of aromatic nitrogens is 8. The molecule has 2 unspecified atom stereocenters. The van der Waals surface area contributed by atoms with E-state index in [-0.39, 0.29) is 5.92 Å². The Morgan fingerprint density at radius 2 is 1.92 bits per heavy atom. The average Bonchev–Trinajstić information content (AvgIpc) is 2.91. The molecule has 0 spiro atoms. The number of hydrogen-bond acceptors (Lipinski definition) is 7. The summed E-state index contributed by atoms with van der Waals surface area (Å²) in [6, 6.07) is 4.13. The molecular formula is C17H18N8O. The van der Waals surface area contributed by atoms with Crippen LogP contribution in [0.4, 0.5) is 0 Å². The summed E-state index contributed by atoms with van der Waals surface area (Å²) in [5.74, 6) is 2.75. The Hall–Kier alpha value is -3.10. The highest BCUT2D eigenvalue weighted by molar-refractivity contribution is 5.60. The lowest BCUT2D eigenvalue weighted by molar-refractivity contribution is 0.387. The van der Waals surface area contributed by atoms with Crippen molar-refractivity contribution in [3.05, 3.63) is 40.9 Å². The molecule has 0 aliphatic heterocycles. The fourth-order valence-electron chi connectivity index (χ4n) is 3.44. The van der Waals surface area contributed by atoms with E-state index < -0.39 is 0 Å². The molecule has 1 fully saturated rings. The minimum absolute atomic E-state index is 0.285. The van der Waals surface area contributed by atoms with Crippen molar-refractivity contribution in [2.24, 2.45) is 7.05 Å². The van der Waals surface area contributed by atoms with E-state index in [0.717, 1.165) is 46.4 Å². The lowest BCUT2D eigenvalue weighted by atomic mass is 10.2. The summed E-state index contributed by atoms with van der Waals surface area (Å²) in [6.07, 6.45) is 0.992. The molecule has 0 aromatic carbocycles. The Kier molecular flexibility index (Phi) is 3.03. The summed E-state index contributed by atoms with van der Waals surface area (Å²) >= 11 is 0. The van der Waals surface area contributed by atoms with Gasteiger partial charge in [0.2, 0.25) is 5.89 Å². The highest BCUT2D eigenvalue weighted by Crippen LogP contribution is 2.53. The van der Waals surface area contributed by atoms with Crippen LogP contribution in [0.2, 0.25) is 0 Å². The molecule has 9 heteroatoms. The molecule has 0 saturated heterocycles. The monoisotopic (exact) mass is 350 g/mol. The van der Waals surface area contributed by atoms with Crippen LogP contribution >= 0.6 is 0 Å². The van der Waals surface area contributed by atoms with Crippen molar-refractivity contribution in [1.29, 1.82) is 0 Å². The highest BCUT2D eigenvalue weighted by Gasteiger charge is 2.44. The summed E-state index contributed by atoms with van der Waals surface area (Å²) in [7, 11) is 1.94. The van der Waals surface area contributed by atoms with Gasteiger partial charge in [0.15, 0.2) is 17.3 Å². The standard InChI is InChI=1S/C17H18N8O/c1-8-5-14(22-25-9(2)19-20-17(8)25)15-7-13(21-24(15)4)11-6-12(11)16-18-10(3)26-23-16/h5,7,11-12H,6H2,1-4H3. The van der Waals surface area contributed by atoms with Crippen molar-refractivity contribution < 1.29 is 4.52 Å². The second kappa shape index (κ2) is 5.20. The van der Waals surface area contributed by atoms with Crippen molar-refractivity contribution in [3.63, 3.8) is 0 Å². The fraction of sp³-hybridized carbons (Fsp3) is 0.412. The van der Waals surface area contributed by atoms with Crippen LogP contribution in [-0.2, 0) is 7.05 Å². The Morgan fingerprint density at radius 3 is 2.69 bits per heavy atom. The smallest absolute Gasteiger partial charge is 0.223 e. The maximum atomic E-state index is 5.09. The van der Waals surface area contributed by atoms with Gasteiger partial charge in [0.05, 0.1) is 11.4 Å². The Morgan fingerprint density at radius 1 is 1.08 bits per heavy atom. The third-order valence-electron chi connectivity index (χ3n) is 4.92. The molecule has 5 rings (SSSR count). The van der Waals surface area contributed by atoms with Gasteiger partial charge in [-0.25, -0.2) is 0 Å². The zero-order valence-corrected chi connectivity index (χ0v) is 15.0. The van der Waals surface area contributed by atoms with Crippen molar-refractivity contribution in [2.45, 2.75) is 39.0 Å². The summed E-state index contributed by atoms with van der Waals surface area (Å²) in [5.41, 5.74) is 4.67. The molecule has 1 aliphatic rings. The van der Waals surface area contributed by atoms with Gasteiger partial charge in [0, 0.05) is 25.8 Å². The zero-order chi connectivity index (χ0) is 18.0. The van der Waals surface area contributed by atoms with Gasteiger partial charge < -0.3 is 4.52 Å². The van der Waals surface area contributed by atoms with E-state index in [1.54, 1.807) is 4.52 Å². The van der Waals surface area contributed by atoms with Crippen molar-refractivity contribution in [1.82, 2.24) is 39.7 Å². The Labute approximate surface area is 149 Å². The van der Waals surface area contributed by atoms with Crippen LogP contribution in [0.1, 0.15) is 47.1 Å². The first kappa shape index (κ1) is 15.2. The molecule has 9 nitrogen and oxygen atoms in total. The molecule has 4 aromatic heterocycles. The molecule has 26 heavy (non-hydrogen) atoms. The zero-order valence-electron chi connectivity index (χ0n) is 15.0. The van der Waals surface area contributed by atoms with Gasteiger partial charge in [-0.05, 0) is 38.0 Å². The van der Waals surface area contributed by atoms with Gasteiger partial charge in [-0.2, -0.15) is 19.7 Å². The van der Waals surface area contributed by atoms with Gasteiger partial charge in [-0.3, -0.25) is 4.68 Å². The molecule has 0 N–H and O–H groups in total. The summed E-state index contributed by atoms with van der Waals surface area (Å²) < 4.78 is 8.75. The van der Waals surface area contributed by atoms with Crippen LogP contribution in [-0.4, -0.2) is 39.7 Å². The maximum absolute atomic E-state index is 5.09. The summed E-state index contributed by atoms with van der Waals surface area (Å²) in [5, 5.41) is 21.7. The quantitative estimate of drug-likeness (QED) is 0.558. The van der Waals surface area contributed by atoms with Gasteiger partial charge in [-0.1, -0.05) is 5.16 Å². The lowest BCUT2D eigenvalue weighted by Crippen LogP contribution is -2.02. The lowest BCUT2D eigenvalue weighted by Gasteiger charge is -2.04. The SMILES string of the molecule is Cc1nc(C2CC2c2cc(-c3cc(C)c4nnc(C)n4n3)n(C)n2)no1. The number of rotatable bonds is 3. The number of hydrogen-bond donors (Lipinski definition) is 0. The molecule has 1 saturated carbocycles. The predicted molar refractivity (Wildman–Crippen MR) is 91.6 cm³/mol. The Balaban J connectivity index is 1.51. The normalized spacial score (nSPS) is 19.4. The van der Waals surface area contributed by atoms with Gasteiger partial charge in [0.1, 0.15) is 5.69 Å². The molecule has 4 heterocycles. The van der Waals surface area contributed by atoms with Crippen LogP contribution in [0.15, 0.2) is 16.7 Å². The highest BCUT2D eigenvalue weighted by atomic mass is 16.5. The van der Waals surface area contributed by atoms with E-state index in [9.17, 15) is 0 Å². The molecular weight excluding hydrogens is 332 g/mol.